The van der Waals surface area contributed by atoms with Crippen LogP contribution < -0.4 is 10.1 Å². The van der Waals surface area contributed by atoms with Crippen LogP contribution in [0.4, 0.5) is 5.82 Å². The average molecular weight is 463 g/mol. The second-order valence-electron chi connectivity index (χ2n) is 8.67. The van der Waals surface area contributed by atoms with Gasteiger partial charge in [-0.2, -0.15) is 0 Å². The molecule has 0 radical (unpaired) electrons. The molecule has 3 aromatic carbocycles. The van der Waals surface area contributed by atoms with Crippen LogP contribution in [0.1, 0.15) is 23.6 Å². The second-order valence-corrected chi connectivity index (χ2v) is 8.67. The van der Waals surface area contributed by atoms with Gasteiger partial charge >= 0.3 is 0 Å². The van der Waals surface area contributed by atoms with E-state index in [9.17, 15) is 4.79 Å². The third kappa shape index (κ3) is 4.17. The Hall–Kier alpha value is -4.38. The number of nitrogens with zero attached hydrogens (tertiary/aromatic N) is 1. The monoisotopic (exact) mass is 462 g/mol. The molecule has 2 heterocycles. The number of nitrogens with one attached hydrogen (secondary N) is 1. The zero-order valence-corrected chi connectivity index (χ0v) is 20.2. The molecule has 0 spiro atoms. The van der Waals surface area contributed by atoms with Gasteiger partial charge in [0.2, 0.25) is 5.91 Å². The number of anilines is 1. The Morgan fingerprint density at radius 1 is 1.00 bits per heavy atom. The number of aromatic nitrogens is 1. The van der Waals surface area contributed by atoms with Crippen molar-refractivity contribution in [3.8, 4) is 16.9 Å². The first kappa shape index (κ1) is 22.4. The number of furan rings is 1. The van der Waals surface area contributed by atoms with Crippen LogP contribution in [-0.4, -0.2) is 18.0 Å². The highest BCUT2D eigenvalue weighted by Crippen LogP contribution is 2.42. The summed E-state index contributed by atoms with van der Waals surface area (Å²) in [6.45, 7) is 5.84. The highest BCUT2D eigenvalue weighted by molar-refractivity contribution is 6.08. The number of carbonyl (C=O) groups is 1. The number of pyridine rings is 1. The Morgan fingerprint density at radius 2 is 1.80 bits per heavy atom. The summed E-state index contributed by atoms with van der Waals surface area (Å²) in [7, 11) is 1.64. The lowest BCUT2D eigenvalue weighted by Gasteiger charge is -2.14. The number of hydrogen-bond donors (Lipinski definition) is 1. The first-order valence-corrected chi connectivity index (χ1v) is 11.5. The van der Waals surface area contributed by atoms with E-state index in [0.717, 1.165) is 49.7 Å². The molecular weight excluding hydrogens is 436 g/mol. The van der Waals surface area contributed by atoms with Crippen LogP contribution in [0.15, 0.2) is 83.6 Å². The first-order chi connectivity index (χ1) is 17.0. The minimum atomic E-state index is -0.248. The predicted molar refractivity (Wildman–Crippen MR) is 142 cm³/mol. The van der Waals surface area contributed by atoms with Crippen LogP contribution in [0.5, 0.6) is 5.75 Å². The quantitative estimate of drug-likeness (QED) is 0.278. The molecule has 2 aromatic heterocycles. The van der Waals surface area contributed by atoms with Gasteiger partial charge in [-0.3, -0.25) is 4.79 Å². The van der Waals surface area contributed by atoms with Gasteiger partial charge in [0.25, 0.3) is 0 Å². The number of carbonyl (C=O) groups excluding carboxylic acids is 1. The van der Waals surface area contributed by atoms with Crippen molar-refractivity contribution in [2.75, 3.05) is 12.4 Å². The van der Waals surface area contributed by atoms with Gasteiger partial charge in [-0.15, -0.1) is 0 Å². The molecule has 0 aliphatic rings. The van der Waals surface area contributed by atoms with Crippen LogP contribution in [0.25, 0.3) is 38.4 Å². The van der Waals surface area contributed by atoms with E-state index in [4.69, 9.17) is 9.15 Å². The van der Waals surface area contributed by atoms with Crippen LogP contribution >= 0.6 is 0 Å². The number of benzene rings is 3. The fourth-order valence-electron chi connectivity index (χ4n) is 4.58. The number of ether oxygens (including phenoxy) is 1. The summed E-state index contributed by atoms with van der Waals surface area (Å²) in [6, 6.07) is 20.4. The molecule has 1 amide bonds. The minimum absolute atomic E-state index is 0.248. The minimum Gasteiger partial charge on any atom is -0.496 e. The number of fused-ring (bicyclic) bond motifs is 2. The summed E-state index contributed by atoms with van der Waals surface area (Å²) in [5, 5.41) is 6.14. The molecule has 1 N–H and O–H groups in total. The summed E-state index contributed by atoms with van der Waals surface area (Å²) in [5.74, 6) is 0.958. The molecule has 0 aliphatic heterocycles. The van der Waals surface area contributed by atoms with Crippen molar-refractivity contribution in [1.29, 1.82) is 0 Å². The molecule has 0 saturated heterocycles. The Balaban J connectivity index is 1.61. The highest BCUT2D eigenvalue weighted by Gasteiger charge is 2.19. The van der Waals surface area contributed by atoms with Crippen LogP contribution in [0, 0.1) is 13.8 Å². The van der Waals surface area contributed by atoms with Crippen molar-refractivity contribution >= 4 is 39.0 Å². The van der Waals surface area contributed by atoms with Gasteiger partial charge in [0.1, 0.15) is 17.2 Å². The van der Waals surface area contributed by atoms with Crippen molar-refractivity contribution < 1.29 is 13.9 Å². The summed E-state index contributed by atoms with van der Waals surface area (Å²) in [6.07, 6.45) is 5.05. The molecular formula is C30H26N2O3. The number of rotatable bonds is 5. The summed E-state index contributed by atoms with van der Waals surface area (Å²) in [4.78, 5) is 17.0. The second kappa shape index (κ2) is 9.11. The fraction of sp³-hybridized carbons (Fsp3) is 0.133. The number of aryl methyl sites for hydroxylation is 2. The Bertz CT molecular complexity index is 1610. The molecule has 0 unspecified atom stereocenters. The molecule has 0 fully saturated rings. The molecule has 0 aliphatic carbocycles. The largest absolute Gasteiger partial charge is 0.496 e. The number of allylic oxidation sites excluding steroid dienone is 1. The van der Waals surface area contributed by atoms with E-state index in [2.05, 4.69) is 40.6 Å². The molecule has 5 rings (SSSR count). The van der Waals surface area contributed by atoms with E-state index in [0.29, 0.717) is 11.6 Å². The van der Waals surface area contributed by atoms with Gasteiger partial charge in [0.15, 0.2) is 0 Å². The van der Waals surface area contributed by atoms with Gasteiger partial charge in [0, 0.05) is 34.3 Å². The molecule has 0 bridgehead atoms. The van der Waals surface area contributed by atoms with Crippen molar-refractivity contribution in [2.24, 2.45) is 0 Å². The van der Waals surface area contributed by atoms with Gasteiger partial charge in [0.05, 0.1) is 13.4 Å². The summed E-state index contributed by atoms with van der Waals surface area (Å²) >= 11 is 0. The van der Waals surface area contributed by atoms with Crippen LogP contribution in [0.3, 0.4) is 0 Å². The number of hydrogen-bond acceptors (Lipinski definition) is 4. The number of methoxy groups -OCH3 is 1. The smallest absolute Gasteiger partial charge is 0.249 e. The maximum atomic E-state index is 12.8. The van der Waals surface area contributed by atoms with Crippen molar-refractivity contribution in [3.05, 3.63) is 95.9 Å². The lowest BCUT2D eigenvalue weighted by molar-refractivity contribution is -0.111. The molecule has 174 valence electrons. The van der Waals surface area contributed by atoms with Crippen molar-refractivity contribution in [2.45, 2.75) is 20.8 Å². The van der Waals surface area contributed by atoms with Crippen LogP contribution in [0.2, 0.25) is 0 Å². The summed E-state index contributed by atoms with van der Waals surface area (Å²) < 4.78 is 11.8. The van der Waals surface area contributed by atoms with Crippen LogP contribution in [-0.2, 0) is 4.79 Å². The van der Waals surface area contributed by atoms with E-state index in [1.54, 1.807) is 25.6 Å². The van der Waals surface area contributed by atoms with E-state index >= 15 is 0 Å². The molecule has 35 heavy (non-hydrogen) atoms. The third-order valence-corrected chi connectivity index (χ3v) is 6.27. The van der Waals surface area contributed by atoms with E-state index < -0.39 is 0 Å². The van der Waals surface area contributed by atoms with E-state index in [1.807, 2.05) is 51.1 Å². The first-order valence-electron chi connectivity index (χ1n) is 11.5. The SMILES string of the molecule is COc1c(/C(C)=C/C(=O)Nc2cc(C)ccn2)cc2c(-c3cccc4ccccc34)coc2c1C. The molecule has 0 saturated carbocycles. The standard InChI is InChI=1S/C30H26N2O3/c1-18-12-13-31-27(14-18)32-28(33)15-19(2)24-16-25-26(17-35-30(25)20(3)29(24)34-4)23-11-7-9-21-8-5-6-10-22(21)23/h5-17H,1-4H3,(H,31,32,33)/b19-15+. The molecule has 5 aromatic rings. The fourth-order valence-corrected chi connectivity index (χ4v) is 4.58. The average Bonchev–Trinajstić information content (AvgIpc) is 3.27. The Morgan fingerprint density at radius 3 is 2.60 bits per heavy atom. The summed E-state index contributed by atoms with van der Waals surface area (Å²) in [5.41, 5.74) is 6.41. The third-order valence-electron chi connectivity index (χ3n) is 6.27. The maximum absolute atomic E-state index is 12.8. The maximum Gasteiger partial charge on any atom is 0.249 e. The van der Waals surface area contributed by atoms with E-state index in [-0.39, 0.29) is 5.91 Å². The van der Waals surface area contributed by atoms with Crippen molar-refractivity contribution in [1.82, 2.24) is 4.98 Å². The molecule has 5 heteroatoms. The normalized spacial score (nSPS) is 11.7. The van der Waals surface area contributed by atoms with Gasteiger partial charge < -0.3 is 14.5 Å². The Labute approximate surface area is 204 Å². The predicted octanol–water partition coefficient (Wildman–Crippen LogP) is 7.32. The highest BCUT2D eigenvalue weighted by atomic mass is 16.5. The number of amides is 1. The topological polar surface area (TPSA) is 64.4 Å². The molecule has 5 nitrogen and oxygen atoms in total. The van der Waals surface area contributed by atoms with Crippen molar-refractivity contribution in [3.63, 3.8) is 0 Å². The molecule has 0 atom stereocenters. The van der Waals surface area contributed by atoms with Gasteiger partial charge in [-0.25, -0.2) is 4.98 Å². The van der Waals surface area contributed by atoms with E-state index in [1.165, 1.54) is 5.39 Å². The Kier molecular flexibility index (Phi) is 5.83. The lowest BCUT2D eigenvalue weighted by atomic mass is 9.94. The van der Waals surface area contributed by atoms with Gasteiger partial charge in [-0.05, 0) is 66.4 Å². The zero-order chi connectivity index (χ0) is 24.5. The lowest BCUT2D eigenvalue weighted by Crippen LogP contribution is -2.10. The van der Waals surface area contributed by atoms with Gasteiger partial charge in [-0.1, -0.05) is 42.5 Å². The zero-order valence-electron chi connectivity index (χ0n) is 20.2.